The van der Waals surface area contributed by atoms with Crippen LogP contribution in [0.2, 0.25) is 0 Å². The second-order valence-corrected chi connectivity index (χ2v) is 9.05. The lowest BCUT2D eigenvalue weighted by Gasteiger charge is -2.37. The van der Waals surface area contributed by atoms with Gasteiger partial charge in [0.05, 0.1) is 12.0 Å². The summed E-state index contributed by atoms with van der Waals surface area (Å²) in [5.41, 5.74) is 2.16. The summed E-state index contributed by atoms with van der Waals surface area (Å²) in [7, 11) is 0. The number of aryl methyl sites for hydroxylation is 2. The summed E-state index contributed by atoms with van der Waals surface area (Å²) >= 11 is 0. The number of ether oxygens (including phenoxy) is 4. The molecule has 3 atom stereocenters. The van der Waals surface area contributed by atoms with Gasteiger partial charge in [0, 0.05) is 6.42 Å². The summed E-state index contributed by atoms with van der Waals surface area (Å²) in [6.45, 7) is 3.95. The number of carbonyl (C=O) groups is 2. The lowest BCUT2D eigenvalue weighted by atomic mass is 9.80. The lowest BCUT2D eigenvalue weighted by Crippen LogP contribution is -2.43. The van der Waals surface area contributed by atoms with Crippen molar-refractivity contribution < 1.29 is 28.5 Å². The number of carbonyl (C=O) groups excluding carboxylic acids is 2. The van der Waals surface area contributed by atoms with E-state index in [4.69, 9.17) is 18.9 Å². The Balaban J connectivity index is 1.27. The van der Waals surface area contributed by atoms with E-state index in [9.17, 15) is 9.59 Å². The first-order valence-corrected chi connectivity index (χ1v) is 11.4. The zero-order chi connectivity index (χ0) is 21.8. The van der Waals surface area contributed by atoms with Crippen molar-refractivity contribution in [3.05, 3.63) is 41.3 Å². The van der Waals surface area contributed by atoms with Gasteiger partial charge in [-0.15, -0.1) is 0 Å². The molecule has 1 heterocycles. The van der Waals surface area contributed by atoms with Crippen LogP contribution >= 0.6 is 0 Å². The molecule has 2 saturated carbocycles. The first-order chi connectivity index (χ1) is 15.0. The third kappa shape index (κ3) is 5.67. The van der Waals surface area contributed by atoms with Gasteiger partial charge in [0.2, 0.25) is 11.5 Å². The minimum Gasteiger partial charge on any atom is -0.493 e. The molecule has 2 fully saturated rings. The van der Waals surface area contributed by atoms with Crippen LogP contribution in [-0.4, -0.2) is 36.7 Å². The van der Waals surface area contributed by atoms with E-state index in [2.05, 4.69) is 6.07 Å². The molecule has 0 spiro atoms. The first kappa shape index (κ1) is 21.9. The second-order valence-electron chi connectivity index (χ2n) is 9.05. The van der Waals surface area contributed by atoms with Crippen molar-refractivity contribution in [2.75, 3.05) is 6.61 Å². The van der Waals surface area contributed by atoms with Crippen LogP contribution in [0.25, 0.3) is 0 Å². The number of benzene rings is 1. The van der Waals surface area contributed by atoms with Crippen LogP contribution in [0.4, 0.5) is 0 Å². The van der Waals surface area contributed by atoms with Gasteiger partial charge in [-0.25, -0.2) is 4.79 Å². The van der Waals surface area contributed by atoms with Crippen molar-refractivity contribution >= 4 is 11.8 Å². The number of Topliss-reactive ketones (excluding diaryl/α,β-unsaturated/α-hetero) is 1. The first-order valence-electron chi connectivity index (χ1n) is 11.4. The smallest absolute Gasteiger partial charge is 0.332 e. The van der Waals surface area contributed by atoms with E-state index in [1.165, 1.54) is 12.7 Å². The van der Waals surface area contributed by atoms with E-state index in [0.717, 1.165) is 36.8 Å². The molecule has 0 N–H and O–H groups in total. The van der Waals surface area contributed by atoms with Crippen molar-refractivity contribution in [2.24, 2.45) is 5.92 Å². The molecule has 1 aromatic carbocycles. The highest BCUT2D eigenvalue weighted by Gasteiger charge is 2.41. The van der Waals surface area contributed by atoms with E-state index in [-0.39, 0.29) is 48.3 Å². The maximum Gasteiger partial charge on any atom is 0.332 e. The van der Waals surface area contributed by atoms with Crippen LogP contribution in [0.3, 0.4) is 0 Å². The van der Waals surface area contributed by atoms with Gasteiger partial charge in [0.1, 0.15) is 30.8 Å². The molecule has 168 valence electrons. The summed E-state index contributed by atoms with van der Waals surface area (Å²) in [4.78, 5) is 25.0. The van der Waals surface area contributed by atoms with Crippen LogP contribution < -0.4 is 4.74 Å². The Morgan fingerprint density at radius 3 is 2.48 bits per heavy atom. The van der Waals surface area contributed by atoms with Gasteiger partial charge < -0.3 is 18.9 Å². The number of allylic oxidation sites excluding steroid dienone is 1. The van der Waals surface area contributed by atoms with Crippen LogP contribution in [-0.2, 0) is 23.8 Å². The largest absolute Gasteiger partial charge is 0.493 e. The fraction of sp³-hybridized carbons (Fsp3) is 0.600. The Morgan fingerprint density at radius 2 is 1.74 bits per heavy atom. The summed E-state index contributed by atoms with van der Waals surface area (Å²) in [5, 5.41) is 0. The van der Waals surface area contributed by atoms with Crippen LogP contribution in [0.1, 0.15) is 62.5 Å². The predicted molar refractivity (Wildman–Crippen MR) is 115 cm³/mol. The zero-order valence-electron chi connectivity index (χ0n) is 18.4. The van der Waals surface area contributed by atoms with Crippen LogP contribution in [0.5, 0.6) is 5.75 Å². The van der Waals surface area contributed by atoms with Crippen molar-refractivity contribution in [1.82, 2.24) is 0 Å². The summed E-state index contributed by atoms with van der Waals surface area (Å²) < 4.78 is 23.0. The molecule has 0 radical (unpaired) electrons. The minimum atomic E-state index is -0.293. The quantitative estimate of drug-likeness (QED) is 0.619. The number of hydrogen-bond acceptors (Lipinski definition) is 6. The number of hydrogen-bond donors (Lipinski definition) is 0. The molecule has 3 unspecified atom stereocenters. The van der Waals surface area contributed by atoms with Crippen molar-refractivity contribution in [1.29, 1.82) is 0 Å². The molecule has 4 rings (SSSR count). The monoisotopic (exact) mass is 428 g/mol. The standard InChI is InChI=1S/C25H32O6/c1-16-10-17(2)12-20(11-16)30-23-14-29-22-13-19(8-9-21(22)25(23)27)28-15-24(26)31-18-6-4-3-5-7-18/h10-12,14,18-19,21-22H,3-9,13,15H2,1-2H3. The highest BCUT2D eigenvalue weighted by molar-refractivity contribution is 5.96. The number of fused-ring (bicyclic) bond motifs is 1. The van der Waals surface area contributed by atoms with Gasteiger partial charge in [-0.2, -0.15) is 0 Å². The van der Waals surface area contributed by atoms with Crippen LogP contribution in [0, 0.1) is 19.8 Å². The van der Waals surface area contributed by atoms with Gasteiger partial charge >= 0.3 is 5.97 Å². The fourth-order valence-corrected chi connectivity index (χ4v) is 4.87. The maximum absolute atomic E-state index is 12.9. The summed E-state index contributed by atoms with van der Waals surface area (Å²) in [6.07, 6.45) is 8.44. The number of rotatable bonds is 6. The predicted octanol–water partition coefficient (Wildman–Crippen LogP) is 4.55. The third-order valence-corrected chi connectivity index (χ3v) is 6.38. The molecule has 6 heteroatoms. The maximum atomic E-state index is 12.9. The molecule has 1 aliphatic heterocycles. The fourth-order valence-electron chi connectivity index (χ4n) is 4.87. The van der Waals surface area contributed by atoms with Gasteiger partial charge in [-0.05, 0) is 75.6 Å². The Morgan fingerprint density at radius 1 is 1.00 bits per heavy atom. The Labute approximate surface area is 183 Å². The van der Waals surface area contributed by atoms with E-state index in [0.29, 0.717) is 25.0 Å². The van der Waals surface area contributed by atoms with Gasteiger partial charge in [-0.3, -0.25) is 4.79 Å². The molecule has 1 aromatic rings. The van der Waals surface area contributed by atoms with E-state index in [1.54, 1.807) is 0 Å². The molecule has 0 aromatic heterocycles. The molecular weight excluding hydrogens is 396 g/mol. The van der Waals surface area contributed by atoms with E-state index < -0.39 is 0 Å². The second kappa shape index (κ2) is 9.86. The van der Waals surface area contributed by atoms with Crippen molar-refractivity contribution in [3.63, 3.8) is 0 Å². The number of ketones is 1. The van der Waals surface area contributed by atoms with Crippen molar-refractivity contribution in [3.8, 4) is 5.75 Å². The lowest BCUT2D eigenvalue weighted by molar-refractivity contribution is -0.161. The Bertz CT molecular complexity index is 818. The summed E-state index contributed by atoms with van der Waals surface area (Å²) in [6, 6.07) is 5.87. The van der Waals surface area contributed by atoms with Gasteiger partial charge in [0.25, 0.3) is 0 Å². The minimum absolute atomic E-state index is 0.0226. The van der Waals surface area contributed by atoms with Crippen molar-refractivity contribution in [2.45, 2.75) is 83.5 Å². The average Bonchev–Trinajstić information content (AvgIpc) is 2.74. The molecule has 31 heavy (non-hydrogen) atoms. The topological polar surface area (TPSA) is 71.1 Å². The molecule has 0 bridgehead atoms. The van der Waals surface area contributed by atoms with E-state index in [1.807, 2.05) is 26.0 Å². The Kier molecular flexibility index (Phi) is 6.96. The Hall–Kier alpha value is -2.34. The highest BCUT2D eigenvalue weighted by atomic mass is 16.6. The van der Waals surface area contributed by atoms with Gasteiger partial charge in [-0.1, -0.05) is 12.5 Å². The molecule has 2 aliphatic carbocycles. The third-order valence-electron chi connectivity index (χ3n) is 6.38. The van der Waals surface area contributed by atoms with Crippen LogP contribution in [0.15, 0.2) is 30.2 Å². The highest BCUT2D eigenvalue weighted by Crippen LogP contribution is 2.35. The zero-order valence-corrected chi connectivity index (χ0v) is 18.4. The molecule has 0 saturated heterocycles. The molecule has 3 aliphatic rings. The van der Waals surface area contributed by atoms with Gasteiger partial charge in [0.15, 0.2) is 0 Å². The van der Waals surface area contributed by atoms with E-state index >= 15 is 0 Å². The number of esters is 1. The molecular formula is C25H32O6. The molecule has 0 amide bonds. The SMILES string of the molecule is Cc1cc(C)cc(OC2=COC3CC(OCC(=O)OC4CCCCC4)CCC3C2=O)c1. The normalized spacial score (nSPS) is 26.5. The molecule has 6 nitrogen and oxygen atoms in total. The average molecular weight is 429 g/mol. The summed E-state index contributed by atoms with van der Waals surface area (Å²) in [5.74, 6) is 0.346.